The molecular weight excluding hydrogens is 256 g/mol. The molecule has 0 aliphatic heterocycles. The van der Waals surface area contributed by atoms with Crippen molar-refractivity contribution in [2.45, 2.75) is 37.9 Å². The van der Waals surface area contributed by atoms with E-state index in [4.69, 9.17) is 9.84 Å². The number of aromatic nitrogens is 1. The number of aliphatic hydroxyl groups is 1. The minimum atomic E-state index is -3.57. The zero-order valence-electron chi connectivity index (χ0n) is 10.9. The molecule has 1 unspecified atom stereocenters. The lowest BCUT2D eigenvalue weighted by Gasteiger charge is -2.12. The Kier molecular flexibility index (Phi) is 5.33. The second kappa shape index (κ2) is 6.33. The third-order valence-corrected chi connectivity index (χ3v) is 4.10. The molecule has 0 spiro atoms. The summed E-state index contributed by atoms with van der Waals surface area (Å²) in [6.07, 6.45) is 1.52. The summed E-state index contributed by atoms with van der Waals surface area (Å²) in [5, 5.41) is 9.14. The maximum absolute atomic E-state index is 12.1. The van der Waals surface area contributed by atoms with Gasteiger partial charge in [-0.2, -0.15) is 0 Å². The van der Waals surface area contributed by atoms with Crippen LogP contribution in [0.1, 0.15) is 19.5 Å². The van der Waals surface area contributed by atoms with Gasteiger partial charge < -0.3 is 14.4 Å². The molecule has 0 saturated heterocycles. The third-order valence-electron chi connectivity index (χ3n) is 2.55. The fourth-order valence-electron chi connectivity index (χ4n) is 1.72. The maximum atomic E-state index is 12.1. The van der Waals surface area contributed by atoms with Crippen molar-refractivity contribution in [3.63, 3.8) is 0 Å². The standard InChI is InChI=1S/C11H20N2O4S/c1-4-13-6-11(5-10(13)7-14)18(15,16)12-9(2)8-17-3/h5-6,9,12,14H,4,7-8H2,1-3H3. The second-order valence-corrected chi connectivity index (χ2v) is 5.80. The summed E-state index contributed by atoms with van der Waals surface area (Å²) in [4.78, 5) is 0.163. The Balaban J connectivity index is 2.94. The van der Waals surface area contributed by atoms with Crippen LogP contribution in [0.2, 0.25) is 0 Å². The summed E-state index contributed by atoms with van der Waals surface area (Å²) < 4.78 is 33.2. The summed E-state index contributed by atoms with van der Waals surface area (Å²) >= 11 is 0. The predicted octanol–water partition coefficient (Wildman–Crippen LogP) is 0.313. The van der Waals surface area contributed by atoms with Crippen LogP contribution < -0.4 is 4.72 Å². The van der Waals surface area contributed by atoms with Crippen molar-refractivity contribution in [2.24, 2.45) is 0 Å². The molecule has 1 rings (SSSR count). The molecule has 0 amide bonds. The minimum Gasteiger partial charge on any atom is -0.390 e. The molecule has 0 radical (unpaired) electrons. The van der Waals surface area contributed by atoms with E-state index in [2.05, 4.69) is 4.72 Å². The van der Waals surface area contributed by atoms with E-state index in [1.165, 1.54) is 19.4 Å². The highest BCUT2D eigenvalue weighted by atomic mass is 32.2. The lowest BCUT2D eigenvalue weighted by molar-refractivity contribution is 0.180. The molecule has 7 heteroatoms. The van der Waals surface area contributed by atoms with Gasteiger partial charge in [0.15, 0.2) is 0 Å². The van der Waals surface area contributed by atoms with Crippen LogP contribution in [-0.4, -0.2) is 37.8 Å². The molecule has 0 aliphatic carbocycles. The SMILES string of the molecule is CCn1cc(S(=O)(=O)NC(C)COC)cc1CO. The van der Waals surface area contributed by atoms with E-state index in [0.29, 0.717) is 18.8 Å². The van der Waals surface area contributed by atoms with E-state index in [1.807, 2.05) is 6.92 Å². The normalized spacial score (nSPS) is 13.8. The predicted molar refractivity (Wildman–Crippen MR) is 67.7 cm³/mol. The van der Waals surface area contributed by atoms with Gasteiger partial charge in [-0.05, 0) is 19.9 Å². The van der Waals surface area contributed by atoms with Crippen LogP contribution in [-0.2, 0) is 27.9 Å². The first-order valence-electron chi connectivity index (χ1n) is 5.75. The summed E-state index contributed by atoms with van der Waals surface area (Å²) in [6.45, 7) is 4.35. The van der Waals surface area contributed by atoms with Gasteiger partial charge in [0.2, 0.25) is 10.0 Å². The summed E-state index contributed by atoms with van der Waals surface area (Å²) in [5.41, 5.74) is 0.581. The molecule has 0 bridgehead atoms. The number of ether oxygens (including phenoxy) is 1. The van der Waals surface area contributed by atoms with Crippen molar-refractivity contribution >= 4 is 10.0 Å². The number of rotatable bonds is 7. The van der Waals surface area contributed by atoms with Crippen LogP contribution in [0, 0.1) is 0 Å². The molecule has 18 heavy (non-hydrogen) atoms. The van der Waals surface area contributed by atoms with Gasteiger partial charge in [0, 0.05) is 31.6 Å². The molecule has 6 nitrogen and oxygen atoms in total. The molecule has 1 aromatic rings. The molecule has 0 fully saturated rings. The minimum absolute atomic E-state index is 0.163. The van der Waals surface area contributed by atoms with Gasteiger partial charge in [-0.25, -0.2) is 13.1 Å². The number of hydrogen-bond donors (Lipinski definition) is 2. The molecule has 2 N–H and O–H groups in total. The highest BCUT2D eigenvalue weighted by molar-refractivity contribution is 7.89. The van der Waals surface area contributed by atoms with E-state index >= 15 is 0 Å². The van der Waals surface area contributed by atoms with Crippen molar-refractivity contribution in [3.05, 3.63) is 18.0 Å². The molecule has 0 saturated carbocycles. The Morgan fingerprint density at radius 2 is 2.22 bits per heavy atom. The monoisotopic (exact) mass is 276 g/mol. The van der Waals surface area contributed by atoms with Gasteiger partial charge >= 0.3 is 0 Å². The molecule has 1 heterocycles. The lowest BCUT2D eigenvalue weighted by Crippen LogP contribution is -2.35. The van der Waals surface area contributed by atoms with E-state index < -0.39 is 10.0 Å². The summed E-state index contributed by atoms with van der Waals surface area (Å²) in [7, 11) is -2.05. The molecule has 0 aliphatic rings. The highest BCUT2D eigenvalue weighted by Gasteiger charge is 2.20. The molecule has 1 atom stereocenters. The van der Waals surface area contributed by atoms with Crippen LogP contribution in [0.15, 0.2) is 17.2 Å². The van der Waals surface area contributed by atoms with Crippen LogP contribution in [0.25, 0.3) is 0 Å². The zero-order valence-corrected chi connectivity index (χ0v) is 11.7. The van der Waals surface area contributed by atoms with Crippen molar-refractivity contribution in [1.29, 1.82) is 0 Å². The topological polar surface area (TPSA) is 80.6 Å². The molecular formula is C11H20N2O4S. The average molecular weight is 276 g/mol. The van der Waals surface area contributed by atoms with Crippen molar-refractivity contribution in [3.8, 4) is 0 Å². The van der Waals surface area contributed by atoms with Crippen LogP contribution in [0.5, 0.6) is 0 Å². The highest BCUT2D eigenvalue weighted by Crippen LogP contribution is 2.15. The van der Waals surface area contributed by atoms with Crippen LogP contribution in [0.4, 0.5) is 0 Å². The zero-order chi connectivity index (χ0) is 13.8. The first-order chi connectivity index (χ1) is 8.44. The number of nitrogens with one attached hydrogen (secondary N) is 1. The smallest absolute Gasteiger partial charge is 0.242 e. The van der Waals surface area contributed by atoms with Crippen molar-refractivity contribution in [2.75, 3.05) is 13.7 Å². The first-order valence-corrected chi connectivity index (χ1v) is 7.24. The molecule has 1 aromatic heterocycles. The lowest BCUT2D eigenvalue weighted by atomic mass is 10.4. The second-order valence-electron chi connectivity index (χ2n) is 4.09. The van der Waals surface area contributed by atoms with E-state index in [-0.39, 0.29) is 17.5 Å². The Morgan fingerprint density at radius 3 is 2.67 bits per heavy atom. The van der Waals surface area contributed by atoms with Gasteiger partial charge in [-0.1, -0.05) is 0 Å². The Labute approximate surface area is 108 Å². The van der Waals surface area contributed by atoms with Gasteiger partial charge in [-0.3, -0.25) is 0 Å². The maximum Gasteiger partial charge on any atom is 0.242 e. The number of sulfonamides is 1. The fraction of sp³-hybridized carbons (Fsp3) is 0.636. The van der Waals surface area contributed by atoms with Gasteiger partial charge in [-0.15, -0.1) is 0 Å². The van der Waals surface area contributed by atoms with E-state index in [1.54, 1.807) is 11.5 Å². The van der Waals surface area contributed by atoms with E-state index in [9.17, 15) is 8.42 Å². The van der Waals surface area contributed by atoms with E-state index in [0.717, 1.165) is 0 Å². The van der Waals surface area contributed by atoms with Gasteiger partial charge in [0.05, 0.1) is 18.1 Å². The number of aliphatic hydroxyl groups excluding tert-OH is 1. The quantitative estimate of drug-likeness (QED) is 0.751. The Bertz CT molecular complexity index is 460. The van der Waals surface area contributed by atoms with Crippen LogP contribution >= 0.6 is 0 Å². The first kappa shape index (κ1) is 15.2. The van der Waals surface area contributed by atoms with Gasteiger partial charge in [0.25, 0.3) is 0 Å². The molecule has 104 valence electrons. The number of aryl methyl sites for hydroxylation is 1. The fourth-order valence-corrected chi connectivity index (χ4v) is 3.01. The van der Waals surface area contributed by atoms with Gasteiger partial charge in [0.1, 0.15) is 0 Å². The third kappa shape index (κ3) is 3.55. The number of nitrogens with zero attached hydrogens (tertiary/aromatic N) is 1. The molecule has 0 aromatic carbocycles. The van der Waals surface area contributed by atoms with Crippen molar-refractivity contribution < 1.29 is 18.3 Å². The van der Waals surface area contributed by atoms with Crippen molar-refractivity contribution in [1.82, 2.24) is 9.29 Å². The Morgan fingerprint density at radius 1 is 1.56 bits per heavy atom. The number of methoxy groups -OCH3 is 1. The van der Waals surface area contributed by atoms with Crippen LogP contribution in [0.3, 0.4) is 0 Å². The average Bonchev–Trinajstić information content (AvgIpc) is 2.72. The largest absolute Gasteiger partial charge is 0.390 e. The summed E-state index contributed by atoms with van der Waals surface area (Å²) in [6, 6.07) is 1.17. The summed E-state index contributed by atoms with van der Waals surface area (Å²) in [5.74, 6) is 0. The number of hydrogen-bond acceptors (Lipinski definition) is 4. The Hall–Kier alpha value is -0.890.